The van der Waals surface area contributed by atoms with Crippen LogP contribution in [0.1, 0.15) is 30.5 Å². The SMILES string of the molecule is CC1CS(=O)C2CCc3ccccc3C2N1. The van der Waals surface area contributed by atoms with Crippen LogP contribution in [0.15, 0.2) is 24.3 Å². The van der Waals surface area contributed by atoms with E-state index in [0.29, 0.717) is 17.3 Å². The molecule has 86 valence electrons. The first kappa shape index (κ1) is 10.5. The van der Waals surface area contributed by atoms with Crippen LogP contribution >= 0.6 is 0 Å². The largest absolute Gasteiger partial charge is 0.305 e. The quantitative estimate of drug-likeness (QED) is 0.742. The van der Waals surface area contributed by atoms with Crippen LogP contribution in [0.3, 0.4) is 0 Å². The van der Waals surface area contributed by atoms with E-state index in [4.69, 9.17) is 0 Å². The van der Waals surface area contributed by atoms with Gasteiger partial charge in [0, 0.05) is 28.6 Å². The van der Waals surface area contributed by atoms with Gasteiger partial charge in [-0.1, -0.05) is 24.3 Å². The molecule has 0 aromatic heterocycles. The first-order valence-corrected chi connectivity index (χ1v) is 7.35. The van der Waals surface area contributed by atoms with Crippen LogP contribution in [0.25, 0.3) is 0 Å². The van der Waals surface area contributed by atoms with E-state index in [-0.39, 0.29) is 0 Å². The summed E-state index contributed by atoms with van der Waals surface area (Å²) in [5.74, 6) is 0.809. The van der Waals surface area contributed by atoms with Gasteiger partial charge < -0.3 is 5.32 Å². The fourth-order valence-corrected chi connectivity index (χ4v) is 4.68. The molecule has 2 aliphatic rings. The highest BCUT2D eigenvalue weighted by Gasteiger charge is 2.37. The zero-order valence-electron chi connectivity index (χ0n) is 9.48. The van der Waals surface area contributed by atoms with Crippen LogP contribution in [0.2, 0.25) is 0 Å². The van der Waals surface area contributed by atoms with Crippen molar-refractivity contribution in [1.29, 1.82) is 0 Å². The van der Waals surface area contributed by atoms with Crippen molar-refractivity contribution in [3.05, 3.63) is 35.4 Å². The molecule has 3 heteroatoms. The van der Waals surface area contributed by atoms with Crippen LogP contribution in [-0.2, 0) is 17.2 Å². The van der Waals surface area contributed by atoms with E-state index in [1.165, 1.54) is 11.1 Å². The lowest BCUT2D eigenvalue weighted by molar-refractivity contribution is 0.408. The number of hydrogen-bond donors (Lipinski definition) is 1. The zero-order valence-corrected chi connectivity index (χ0v) is 10.3. The molecular weight excluding hydrogens is 218 g/mol. The summed E-state index contributed by atoms with van der Waals surface area (Å²) in [6, 6.07) is 9.26. The van der Waals surface area contributed by atoms with Crippen molar-refractivity contribution < 1.29 is 4.21 Å². The highest BCUT2D eigenvalue weighted by Crippen LogP contribution is 2.35. The maximum absolute atomic E-state index is 12.1. The summed E-state index contributed by atoms with van der Waals surface area (Å²) in [5.41, 5.74) is 2.81. The molecule has 1 aromatic carbocycles. The molecule has 1 N–H and O–H groups in total. The van der Waals surface area contributed by atoms with Crippen molar-refractivity contribution in [2.45, 2.75) is 37.1 Å². The summed E-state index contributed by atoms with van der Waals surface area (Å²) in [4.78, 5) is 0. The fraction of sp³-hybridized carbons (Fsp3) is 0.538. The summed E-state index contributed by atoms with van der Waals surface area (Å²) in [6.45, 7) is 2.13. The Morgan fingerprint density at radius 3 is 3.06 bits per heavy atom. The van der Waals surface area contributed by atoms with Crippen LogP contribution in [0.5, 0.6) is 0 Å². The van der Waals surface area contributed by atoms with Gasteiger partial charge >= 0.3 is 0 Å². The van der Waals surface area contributed by atoms with E-state index < -0.39 is 10.8 Å². The minimum Gasteiger partial charge on any atom is -0.305 e. The Kier molecular flexibility index (Phi) is 2.60. The molecule has 1 fully saturated rings. The average Bonchev–Trinajstić information content (AvgIpc) is 2.28. The summed E-state index contributed by atoms with van der Waals surface area (Å²) >= 11 is 0. The van der Waals surface area contributed by atoms with Crippen LogP contribution in [0, 0.1) is 0 Å². The third kappa shape index (κ3) is 1.62. The standard InChI is InChI=1S/C13H17NOS/c1-9-8-16(15)12-7-6-10-4-2-3-5-11(10)13(12)14-9/h2-5,9,12-14H,6-8H2,1H3. The maximum atomic E-state index is 12.1. The summed E-state index contributed by atoms with van der Waals surface area (Å²) < 4.78 is 12.1. The lowest BCUT2D eigenvalue weighted by Gasteiger charge is -2.39. The lowest BCUT2D eigenvalue weighted by Crippen LogP contribution is -2.50. The molecule has 1 heterocycles. The van der Waals surface area contributed by atoms with Crippen molar-refractivity contribution in [2.24, 2.45) is 0 Å². The molecule has 1 aromatic rings. The minimum absolute atomic E-state index is 0.314. The molecule has 1 aliphatic carbocycles. The molecule has 16 heavy (non-hydrogen) atoms. The highest BCUT2D eigenvalue weighted by molar-refractivity contribution is 7.85. The monoisotopic (exact) mass is 235 g/mol. The molecule has 1 saturated heterocycles. The molecule has 4 atom stereocenters. The van der Waals surface area contributed by atoms with E-state index in [1.807, 2.05) is 0 Å². The molecule has 3 rings (SSSR count). The number of fused-ring (bicyclic) bond motifs is 3. The smallest absolute Gasteiger partial charge is 0.0546 e. The molecule has 0 amide bonds. The van der Waals surface area contributed by atoms with E-state index in [2.05, 4.69) is 36.5 Å². The highest BCUT2D eigenvalue weighted by atomic mass is 32.2. The third-order valence-electron chi connectivity index (χ3n) is 3.68. The van der Waals surface area contributed by atoms with Crippen molar-refractivity contribution in [2.75, 3.05) is 5.75 Å². The number of hydrogen-bond acceptors (Lipinski definition) is 2. The Morgan fingerprint density at radius 2 is 2.19 bits per heavy atom. The normalized spacial score (nSPS) is 37.6. The second-order valence-electron chi connectivity index (χ2n) is 4.87. The predicted molar refractivity (Wildman–Crippen MR) is 66.9 cm³/mol. The van der Waals surface area contributed by atoms with Crippen molar-refractivity contribution >= 4 is 10.8 Å². The topological polar surface area (TPSA) is 29.1 Å². The minimum atomic E-state index is -0.657. The molecule has 0 radical (unpaired) electrons. The summed E-state index contributed by atoms with van der Waals surface area (Å²) in [5, 5.41) is 3.94. The van der Waals surface area contributed by atoms with Crippen LogP contribution in [0.4, 0.5) is 0 Å². The van der Waals surface area contributed by atoms with E-state index in [1.54, 1.807) is 0 Å². The molecule has 4 unspecified atom stereocenters. The summed E-state index contributed by atoms with van der Waals surface area (Å²) in [6.07, 6.45) is 2.15. The van der Waals surface area contributed by atoms with Crippen molar-refractivity contribution in [3.63, 3.8) is 0 Å². The van der Waals surface area contributed by atoms with Crippen LogP contribution < -0.4 is 5.32 Å². The Bertz CT molecular complexity index is 432. The Hall–Kier alpha value is -0.670. The fourth-order valence-electron chi connectivity index (χ4n) is 2.93. The Balaban J connectivity index is 2.01. The van der Waals surface area contributed by atoms with Gasteiger partial charge in [0.25, 0.3) is 0 Å². The van der Waals surface area contributed by atoms with Gasteiger partial charge in [-0.05, 0) is 30.9 Å². The molecular formula is C13H17NOS. The van der Waals surface area contributed by atoms with Gasteiger partial charge in [0.05, 0.1) is 5.25 Å². The third-order valence-corrected chi connectivity index (χ3v) is 5.69. The van der Waals surface area contributed by atoms with Gasteiger partial charge in [0.15, 0.2) is 0 Å². The van der Waals surface area contributed by atoms with E-state index in [9.17, 15) is 4.21 Å². The van der Waals surface area contributed by atoms with E-state index in [0.717, 1.165) is 18.6 Å². The maximum Gasteiger partial charge on any atom is 0.0546 e. The van der Waals surface area contributed by atoms with Gasteiger partial charge in [-0.15, -0.1) is 0 Å². The molecule has 1 aliphatic heterocycles. The molecule has 0 bridgehead atoms. The van der Waals surface area contributed by atoms with E-state index >= 15 is 0 Å². The van der Waals surface area contributed by atoms with Gasteiger partial charge in [0.2, 0.25) is 0 Å². The Labute approximate surface area is 98.9 Å². The van der Waals surface area contributed by atoms with Crippen molar-refractivity contribution in [1.82, 2.24) is 5.32 Å². The van der Waals surface area contributed by atoms with Gasteiger partial charge in [0.1, 0.15) is 0 Å². The first-order valence-electron chi connectivity index (χ1n) is 5.97. The average molecular weight is 235 g/mol. The first-order chi connectivity index (χ1) is 7.75. The second-order valence-corrected chi connectivity index (χ2v) is 6.57. The number of rotatable bonds is 0. The molecule has 0 spiro atoms. The van der Waals surface area contributed by atoms with Gasteiger partial charge in [-0.25, -0.2) is 0 Å². The van der Waals surface area contributed by atoms with Crippen LogP contribution in [-0.4, -0.2) is 21.3 Å². The van der Waals surface area contributed by atoms with Gasteiger partial charge in [-0.2, -0.15) is 0 Å². The molecule has 2 nitrogen and oxygen atoms in total. The molecule has 0 saturated carbocycles. The predicted octanol–water partition coefficient (Wildman–Crippen LogP) is 1.78. The lowest BCUT2D eigenvalue weighted by atomic mass is 9.87. The number of aryl methyl sites for hydroxylation is 1. The summed E-state index contributed by atoms with van der Waals surface area (Å²) in [7, 11) is -0.657. The number of nitrogens with one attached hydrogen (secondary N) is 1. The van der Waals surface area contributed by atoms with Crippen molar-refractivity contribution in [3.8, 4) is 0 Å². The number of benzene rings is 1. The zero-order chi connectivity index (χ0) is 11.1. The second kappa shape index (κ2) is 3.97. The van der Waals surface area contributed by atoms with Gasteiger partial charge in [-0.3, -0.25) is 4.21 Å². The Morgan fingerprint density at radius 1 is 1.38 bits per heavy atom.